The van der Waals surface area contributed by atoms with Crippen molar-refractivity contribution in [1.29, 1.82) is 0 Å². The molecule has 0 saturated heterocycles. The van der Waals surface area contributed by atoms with E-state index in [1.54, 1.807) is 6.21 Å². The van der Waals surface area contributed by atoms with Crippen molar-refractivity contribution in [2.24, 2.45) is 15.9 Å². The second-order valence-electron chi connectivity index (χ2n) is 13.5. The third-order valence-corrected chi connectivity index (χ3v) is 10.3. The number of anilines is 1. The fourth-order valence-corrected chi connectivity index (χ4v) is 7.80. The monoisotopic (exact) mass is 690 g/mol. The number of aromatic nitrogens is 2. The summed E-state index contributed by atoms with van der Waals surface area (Å²) >= 11 is 5.70. The molecule has 1 saturated carbocycles. The highest BCUT2D eigenvalue weighted by Gasteiger charge is 2.29. The van der Waals surface area contributed by atoms with Crippen LogP contribution >= 0.6 is 11.6 Å². The molecule has 49 heavy (non-hydrogen) atoms. The molecule has 2 aromatic rings. The van der Waals surface area contributed by atoms with E-state index in [0.717, 1.165) is 107 Å². The lowest BCUT2D eigenvalue weighted by Gasteiger charge is -2.37. The van der Waals surface area contributed by atoms with Gasteiger partial charge < -0.3 is 24.7 Å². The van der Waals surface area contributed by atoms with Crippen molar-refractivity contribution in [2.45, 2.75) is 83.1 Å². The molecule has 11 heteroatoms. The third kappa shape index (κ3) is 9.41. The maximum absolute atomic E-state index is 14.0. The summed E-state index contributed by atoms with van der Waals surface area (Å²) in [4.78, 5) is 41.3. The molecule has 3 aliphatic heterocycles. The van der Waals surface area contributed by atoms with Crippen molar-refractivity contribution in [1.82, 2.24) is 14.9 Å². The highest BCUT2D eigenvalue weighted by Crippen LogP contribution is 2.36. The molecule has 1 fully saturated rings. The number of unbranched alkanes of at least 4 members (excludes halogenated alkanes) is 3. The van der Waals surface area contributed by atoms with E-state index in [1.807, 2.05) is 22.8 Å². The number of imidazole rings is 1. The molecule has 2 N–H and O–H groups in total. The predicted molar refractivity (Wildman–Crippen MR) is 198 cm³/mol. The molecule has 1 amide bonds. The first-order chi connectivity index (χ1) is 24.1. The van der Waals surface area contributed by atoms with Gasteiger partial charge in [-0.3, -0.25) is 14.2 Å². The van der Waals surface area contributed by atoms with E-state index >= 15 is 0 Å². The van der Waals surface area contributed by atoms with Gasteiger partial charge in [0.1, 0.15) is 17.2 Å². The Labute approximate surface area is 294 Å². The first kappa shape index (κ1) is 35.4. The van der Waals surface area contributed by atoms with Gasteiger partial charge >= 0.3 is 0 Å². The molecule has 0 unspecified atom stereocenters. The van der Waals surface area contributed by atoms with E-state index in [1.165, 1.54) is 36.0 Å². The molecule has 264 valence electrons. The number of aryl methyl sites for hydroxylation is 2. The molecule has 4 aliphatic rings. The van der Waals surface area contributed by atoms with Gasteiger partial charge in [0, 0.05) is 49.8 Å². The SMILES string of the molecule is O=C(NCCOCCOCCCCCCCl)C1CCC(n2c(=CC=C3C=NC=N3)[nH]/c(=C\c3cc4c5c(c3)CCCN5CCC4)c2=O)CC1. The van der Waals surface area contributed by atoms with E-state index in [2.05, 4.69) is 37.3 Å². The summed E-state index contributed by atoms with van der Waals surface area (Å²) < 4.78 is 13.2. The van der Waals surface area contributed by atoms with Crippen LogP contribution in [0.2, 0.25) is 0 Å². The van der Waals surface area contributed by atoms with Crippen LogP contribution in [0.4, 0.5) is 5.69 Å². The quantitative estimate of drug-likeness (QED) is 0.203. The number of hydrogen-bond donors (Lipinski definition) is 2. The van der Waals surface area contributed by atoms with Gasteiger partial charge in [-0.25, -0.2) is 9.98 Å². The number of nitrogens with zero attached hydrogens (tertiary/aromatic N) is 4. The number of H-pyrrole nitrogens is 1. The van der Waals surface area contributed by atoms with Crippen LogP contribution in [0.5, 0.6) is 0 Å². The molecule has 1 aliphatic carbocycles. The Bertz CT molecular complexity index is 1660. The highest BCUT2D eigenvalue weighted by atomic mass is 35.5. The van der Waals surface area contributed by atoms with E-state index < -0.39 is 0 Å². The van der Waals surface area contributed by atoms with Crippen molar-refractivity contribution in [3.63, 3.8) is 0 Å². The van der Waals surface area contributed by atoms with Gasteiger partial charge in [0.05, 0.1) is 31.7 Å². The van der Waals surface area contributed by atoms with Crippen LogP contribution in [0.25, 0.3) is 12.2 Å². The smallest absolute Gasteiger partial charge is 0.276 e. The summed E-state index contributed by atoms with van der Waals surface area (Å²) in [5.74, 6) is 0.726. The zero-order valence-electron chi connectivity index (χ0n) is 28.6. The van der Waals surface area contributed by atoms with E-state index in [4.69, 9.17) is 21.1 Å². The molecule has 1 aromatic carbocycles. The number of allylic oxidation sites excluding steroid dienone is 2. The number of alkyl halides is 1. The van der Waals surface area contributed by atoms with Crippen LogP contribution in [-0.2, 0) is 27.1 Å². The highest BCUT2D eigenvalue weighted by molar-refractivity contribution is 6.17. The molecule has 6 rings (SSSR count). The van der Waals surface area contributed by atoms with E-state index in [9.17, 15) is 9.59 Å². The maximum atomic E-state index is 14.0. The van der Waals surface area contributed by atoms with Crippen molar-refractivity contribution in [3.05, 3.63) is 61.8 Å². The number of carbonyl (C=O) groups excluding carboxylic acids is 1. The zero-order chi connectivity index (χ0) is 33.8. The molecule has 0 radical (unpaired) electrons. The summed E-state index contributed by atoms with van der Waals surface area (Å²) in [6, 6.07) is 4.54. The van der Waals surface area contributed by atoms with Gasteiger partial charge in [-0.1, -0.05) is 12.8 Å². The van der Waals surface area contributed by atoms with Gasteiger partial charge in [0.15, 0.2) is 0 Å². The van der Waals surface area contributed by atoms with Gasteiger partial charge in [-0.2, -0.15) is 0 Å². The first-order valence-corrected chi connectivity index (χ1v) is 18.8. The van der Waals surface area contributed by atoms with Crippen LogP contribution in [-0.4, -0.2) is 80.0 Å². The number of nitrogens with one attached hydrogen (secondary N) is 2. The Morgan fingerprint density at radius 1 is 0.959 bits per heavy atom. The number of ether oxygens (including phenoxy) is 2. The number of aliphatic imine (C=N–C) groups is 2. The van der Waals surface area contributed by atoms with Gasteiger partial charge in [0.2, 0.25) is 5.91 Å². The minimum Gasteiger partial charge on any atom is -0.379 e. The van der Waals surface area contributed by atoms with Crippen LogP contribution in [0.3, 0.4) is 0 Å². The number of benzene rings is 1. The average molecular weight is 691 g/mol. The maximum Gasteiger partial charge on any atom is 0.276 e. The van der Waals surface area contributed by atoms with Crippen molar-refractivity contribution in [2.75, 3.05) is 56.8 Å². The molecule has 0 spiro atoms. The van der Waals surface area contributed by atoms with Crippen LogP contribution in [0, 0.1) is 5.92 Å². The number of amides is 1. The number of halogens is 1. The molecule has 4 heterocycles. The molecule has 0 atom stereocenters. The molecular weight excluding hydrogens is 640 g/mol. The molecular formula is C38H51ClN6O4. The number of carbonyl (C=O) groups is 1. The van der Waals surface area contributed by atoms with Crippen molar-refractivity contribution in [3.8, 4) is 0 Å². The normalized spacial score (nSPS) is 21.6. The predicted octanol–water partition coefficient (Wildman–Crippen LogP) is 4.16. The van der Waals surface area contributed by atoms with E-state index in [0.29, 0.717) is 31.7 Å². The Kier molecular flexibility index (Phi) is 13.0. The fraction of sp³-hybridized carbons (Fsp3) is 0.579. The minimum atomic E-state index is -0.0651. The second-order valence-corrected chi connectivity index (χ2v) is 13.9. The van der Waals surface area contributed by atoms with Crippen LogP contribution in [0.15, 0.2) is 38.7 Å². The number of rotatable bonds is 16. The third-order valence-electron chi connectivity index (χ3n) is 10.1. The Balaban J connectivity index is 1.06. The topological polar surface area (TPSA) is 113 Å². The summed E-state index contributed by atoms with van der Waals surface area (Å²) in [5, 5.41) is 3.62. The minimum absolute atomic E-state index is 0.00209. The van der Waals surface area contributed by atoms with Crippen LogP contribution in [0.1, 0.15) is 86.9 Å². The number of aromatic amines is 1. The summed E-state index contributed by atoms with van der Waals surface area (Å²) in [6.07, 6.45) is 20.9. The lowest BCUT2D eigenvalue weighted by Crippen LogP contribution is -2.39. The van der Waals surface area contributed by atoms with E-state index in [-0.39, 0.29) is 23.4 Å². The average Bonchev–Trinajstić information content (AvgIpc) is 3.75. The van der Waals surface area contributed by atoms with Gasteiger partial charge in [-0.15, -0.1) is 11.6 Å². The summed E-state index contributed by atoms with van der Waals surface area (Å²) in [7, 11) is 0. The second kappa shape index (κ2) is 18.0. The lowest BCUT2D eigenvalue weighted by atomic mass is 9.85. The van der Waals surface area contributed by atoms with Gasteiger partial charge in [-0.05, 0) is 111 Å². The largest absolute Gasteiger partial charge is 0.379 e. The zero-order valence-corrected chi connectivity index (χ0v) is 29.4. The van der Waals surface area contributed by atoms with Crippen molar-refractivity contribution >= 4 is 47.9 Å². The Morgan fingerprint density at radius 3 is 2.41 bits per heavy atom. The lowest BCUT2D eigenvalue weighted by molar-refractivity contribution is -0.126. The molecule has 0 bridgehead atoms. The fourth-order valence-electron chi connectivity index (χ4n) is 7.61. The molecule has 10 nitrogen and oxygen atoms in total. The molecule has 1 aromatic heterocycles. The van der Waals surface area contributed by atoms with Gasteiger partial charge in [0.25, 0.3) is 5.56 Å². The van der Waals surface area contributed by atoms with Crippen LogP contribution < -0.4 is 26.6 Å². The Hall–Kier alpha value is -3.47. The summed E-state index contributed by atoms with van der Waals surface area (Å²) in [6.45, 7) is 5.05. The number of hydrogen-bond acceptors (Lipinski definition) is 7. The Morgan fingerprint density at radius 2 is 1.69 bits per heavy atom. The standard InChI is InChI=1S/C38H51ClN6O4/c39-15-3-1-2-4-19-48-21-22-49-20-16-41-37(46)29-9-12-33(13-10-29)45-35(14-11-32-26-40-27-42-32)43-34(38(45)47)25-28-23-30-7-5-17-44-18-6-8-31(24-28)36(30)44/h11,14,23-27,29,33,43H,1-10,12-13,15-22H2,(H,41,46)/b32-11?,34-25-,35-14?. The first-order valence-electron chi connectivity index (χ1n) is 18.3. The summed E-state index contributed by atoms with van der Waals surface area (Å²) in [5.41, 5.74) is 6.75. The van der Waals surface area contributed by atoms with Crippen molar-refractivity contribution < 1.29 is 14.3 Å².